The fraction of sp³-hybridized carbons (Fsp3) is 0.471. The number of hydrogen-bond acceptors (Lipinski definition) is 5. The highest BCUT2D eigenvalue weighted by molar-refractivity contribution is 5.72. The topological polar surface area (TPSA) is 63.3 Å². The van der Waals surface area contributed by atoms with E-state index in [9.17, 15) is 0 Å². The number of nitrogens with one attached hydrogen (secondary N) is 1. The standard InChI is InChI=1S/C17H21N7/c1-2-9-22(8-1)17-20-16(14-7-4-10-24(14)21-17)19-15-11-23(12-18-15)13-5-3-6-13/h4,7,10-13H,1-3,5-6,8-9H2,(H,19,20,21). The second-order valence-electron chi connectivity index (χ2n) is 6.71. The lowest BCUT2D eigenvalue weighted by Crippen LogP contribution is -2.22. The fourth-order valence-electron chi connectivity index (χ4n) is 3.47. The van der Waals surface area contributed by atoms with Crippen LogP contribution in [0.3, 0.4) is 0 Å². The van der Waals surface area contributed by atoms with Crippen LogP contribution in [0.1, 0.15) is 38.1 Å². The van der Waals surface area contributed by atoms with Crippen molar-refractivity contribution in [3.8, 4) is 0 Å². The Morgan fingerprint density at radius 3 is 2.79 bits per heavy atom. The minimum atomic E-state index is 0.618. The summed E-state index contributed by atoms with van der Waals surface area (Å²) in [5.41, 5.74) is 0.969. The van der Waals surface area contributed by atoms with E-state index in [1.165, 1.54) is 32.1 Å². The summed E-state index contributed by atoms with van der Waals surface area (Å²) >= 11 is 0. The molecule has 1 aliphatic heterocycles. The first kappa shape index (κ1) is 13.8. The maximum atomic E-state index is 4.77. The third-order valence-electron chi connectivity index (χ3n) is 5.11. The van der Waals surface area contributed by atoms with Gasteiger partial charge in [-0.2, -0.15) is 4.98 Å². The molecule has 0 amide bonds. The van der Waals surface area contributed by atoms with Crippen molar-refractivity contribution in [2.45, 2.75) is 38.1 Å². The van der Waals surface area contributed by atoms with Gasteiger partial charge in [0.1, 0.15) is 11.3 Å². The minimum Gasteiger partial charge on any atom is -0.340 e. The monoisotopic (exact) mass is 323 g/mol. The van der Waals surface area contributed by atoms with E-state index in [0.29, 0.717) is 6.04 Å². The van der Waals surface area contributed by atoms with Gasteiger partial charge in [-0.25, -0.2) is 9.50 Å². The van der Waals surface area contributed by atoms with Crippen molar-refractivity contribution in [1.29, 1.82) is 0 Å². The quantitative estimate of drug-likeness (QED) is 0.799. The van der Waals surface area contributed by atoms with E-state index in [1.54, 1.807) is 0 Å². The Morgan fingerprint density at radius 1 is 1.12 bits per heavy atom. The Kier molecular flexibility index (Phi) is 3.17. The van der Waals surface area contributed by atoms with Crippen LogP contribution in [-0.2, 0) is 0 Å². The molecule has 0 radical (unpaired) electrons. The average Bonchev–Trinajstić information content (AvgIpc) is 3.27. The van der Waals surface area contributed by atoms with Crippen LogP contribution in [0.25, 0.3) is 5.52 Å². The SMILES string of the molecule is c1cc2c(Nc3cn(C4CCC4)cn3)nc(N3CCCC3)nn2c1. The summed E-state index contributed by atoms with van der Waals surface area (Å²) in [6, 6.07) is 4.64. The maximum absolute atomic E-state index is 4.77. The van der Waals surface area contributed by atoms with Crippen LogP contribution in [0.4, 0.5) is 17.6 Å². The van der Waals surface area contributed by atoms with E-state index in [-0.39, 0.29) is 0 Å². The van der Waals surface area contributed by atoms with E-state index in [4.69, 9.17) is 4.98 Å². The van der Waals surface area contributed by atoms with Crippen molar-refractivity contribution in [1.82, 2.24) is 24.1 Å². The summed E-state index contributed by atoms with van der Waals surface area (Å²) in [5, 5.41) is 8.03. The number of aromatic nitrogens is 5. The zero-order valence-electron chi connectivity index (χ0n) is 13.6. The smallest absolute Gasteiger partial charge is 0.245 e. The molecule has 1 saturated heterocycles. The summed E-state index contributed by atoms with van der Waals surface area (Å²) in [7, 11) is 0. The fourth-order valence-corrected chi connectivity index (χ4v) is 3.47. The first-order chi connectivity index (χ1) is 11.9. The van der Waals surface area contributed by atoms with Crippen molar-refractivity contribution >= 4 is 23.1 Å². The molecule has 1 aliphatic carbocycles. The summed E-state index contributed by atoms with van der Waals surface area (Å²) in [5.74, 6) is 2.45. The first-order valence-electron chi connectivity index (χ1n) is 8.78. The van der Waals surface area contributed by atoms with Gasteiger partial charge in [-0.1, -0.05) is 0 Å². The second-order valence-corrected chi connectivity index (χ2v) is 6.71. The zero-order chi connectivity index (χ0) is 15.9. The Balaban J connectivity index is 1.48. The van der Waals surface area contributed by atoms with Gasteiger partial charge in [-0.15, -0.1) is 5.10 Å². The molecule has 1 N–H and O–H groups in total. The molecular formula is C17H21N7. The highest BCUT2D eigenvalue weighted by atomic mass is 15.4. The molecule has 0 spiro atoms. The van der Waals surface area contributed by atoms with Crippen LogP contribution in [0.5, 0.6) is 0 Å². The lowest BCUT2D eigenvalue weighted by molar-refractivity contribution is 0.313. The molecule has 1 saturated carbocycles. The molecule has 124 valence electrons. The van der Waals surface area contributed by atoms with Gasteiger partial charge in [0.05, 0.1) is 6.33 Å². The van der Waals surface area contributed by atoms with Gasteiger partial charge < -0.3 is 14.8 Å². The molecule has 0 unspecified atom stereocenters. The van der Waals surface area contributed by atoms with Gasteiger partial charge in [-0.3, -0.25) is 0 Å². The van der Waals surface area contributed by atoms with Crippen molar-refractivity contribution in [2.75, 3.05) is 23.3 Å². The normalized spacial score (nSPS) is 18.2. The molecular weight excluding hydrogens is 302 g/mol. The third kappa shape index (κ3) is 2.31. The van der Waals surface area contributed by atoms with Crippen molar-refractivity contribution in [3.05, 3.63) is 30.9 Å². The van der Waals surface area contributed by atoms with Crippen molar-refractivity contribution in [3.63, 3.8) is 0 Å². The maximum Gasteiger partial charge on any atom is 0.245 e. The number of hydrogen-bond donors (Lipinski definition) is 1. The number of anilines is 3. The Hall–Kier alpha value is -2.57. The lowest BCUT2D eigenvalue weighted by Gasteiger charge is -2.26. The highest BCUT2D eigenvalue weighted by Gasteiger charge is 2.20. The number of imidazole rings is 1. The van der Waals surface area contributed by atoms with Gasteiger partial charge in [0.2, 0.25) is 5.95 Å². The van der Waals surface area contributed by atoms with Gasteiger partial charge in [0.25, 0.3) is 0 Å². The molecule has 5 rings (SSSR count). The summed E-state index contributed by atoms with van der Waals surface area (Å²) < 4.78 is 4.11. The minimum absolute atomic E-state index is 0.618. The Bertz CT molecular complexity index is 855. The molecule has 24 heavy (non-hydrogen) atoms. The molecule has 0 bridgehead atoms. The van der Waals surface area contributed by atoms with E-state index in [2.05, 4.69) is 31.1 Å². The van der Waals surface area contributed by atoms with E-state index in [0.717, 1.165) is 36.2 Å². The average molecular weight is 323 g/mol. The van der Waals surface area contributed by atoms with Gasteiger partial charge >= 0.3 is 0 Å². The molecule has 3 aromatic heterocycles. The number of fused-ring (bicyclic) bond motifs is 1. The van der Waals surface area contributed by atoms with Crippen LogP contribution in [0.2, 0.25) is 0 Å². The van der Waals surface area contributed by atoms with Crippen molar-refractivity contribution < 1.29 is 0 Å². The van der Waals surface area contributed by atoms with E-state index >= 15 is 0 Å². The number of nitrogens with zero attached hydrogens (tertiary/aromatic N) is 6. The molecule has 2 fully saturated rings. The molecule has 7 nitrogen and oxygen atoms in total. The van der Waals surface area contributed by atoms with Gasteiger partial charge in [-0.05, 0) is 44.2 Å². The third-order valence-corrected chi connectivity index (χ3v) is 5.11. The second kappa shape index (κ2) is 5.51. The molecule has 0 atom stereocenters. The summed E-state index contributed by atoms with van der Waals surface area (Å²) in [6.07, 6.45) is 12.2. The van der Waals surface area contributed by atoms with Crippen LogP contribution < -0.4 is 10.2 Å². The van der Waals surface area contributed by atoms with Gasteiger partial charge in [0, 0.05) is 31.5 Å². The predicted octanol–water partition coefficient (Wildman–Crippen LogP) is 2.99. The van der Waals surface area contributed by atoms with Crippen LogP contribution in [0, 0.1) is 0 Å². The summed E-state index contributed by atoms with van der Waals surface area (Å²) in [4.78, 5) is 11.5. The van der Waals surface area contributed by atoms with Crippen LogP contribution in [0.15, 0.2) is 30.9 Å². The molecule has 0 aromatic carbocycles. The molecule has 4 heterocycles. The van der Waals surface area contributed by atoms with E-state index in [1.807, 2.05) is 29.2 Å². The van der Waals surface area contributed by atoms with E-state index < -0.39 is 0 Å². The molecule has 2 aliphatic rings. The summed E-state index contributed by atoms with van der Waals surface area (Å²) in [6.45, 7) is 2.06. The Labute approximate surface area is 140 Å². The molecule has 7 heteroatoms. The molecule has 3 aromatic rings. The first-order valence-corrected chi connectivity index (χ1v) is 8.78. The van der Waals surface area contributed by atoms with Crippen molar-refractivity contribution in [2.24, 2.45) is 0 Å². The number of rotatable bonds is 4. The predicted molar refractivity (Wildman–Crippen MR) is 92.8 cm³/mol. The van der Waals surface area contributed by atoms with Crippen LogP contribution in [-0.4, -0.2) is 37.2 Å². The largest absolute Gasteiger partial charge is 0.340 e. The van der Waals surface area contributed by atoms with Crippen LogP contribution >= 0.6 is 0 Å². The van der Waals surface area contributed by atoms with Gasteiger partial charge in [0.15, 0.2) is 5.82 Å². The zero-order valence-corrected chi connectivity index (χ0v) is 13.6. The highest BCUT2D eigenvalue weighted by Crippen LogP contribution is 2.32. The lowest BCUT2D eigenvalue weighted by atomic mass is 9.93. The Morgan fingerprint density at radius 2 is 2.00 bits per heavy atom.